The molecule has 2 aliphatic carbocycles. The molecule has 5 heteroatoms. The molecule has 2 saturated carbocycles. The molecule has 2 aromatic carbocycles. The largest absolute Gasteiger partial charge is 0.508 e. The second-order valence-electron chi connectivity index (χ2n) is 11.2. The molecule has 0 radical (unpaired) electrons. The number of nitrogens with zero attached hydrogens (tertiary/aromatic N) is 3. The number of phenols is 1. The fourth-order valence-electron chi connectivity index (χ4n) is 6.66. The van der Waals surface area contributed by atoms with Gasteiger partial charge in [0.2, 0.25) is 0 Å². The van der Waals surface area contributed by atoms with Crippen molar-refractivity contribution in [3.63, 3.8) is 0 Å². The fourth-order valence-corrected chi connectivity index (χ4v) is 6.66. The van der Waals surface area contributed by atoms with Crippen molar-refractivity contribution in [3.8, 4) is 11.5 Å². The molecule has 184 valence electrons. The lowest BCUT2D eigenvalue weighted by Gasteiger charge is -2.52. The quantitative estimate of drug-likeness (QED) is 0.622. The lowest BCUT2D eigenvalue weighted by atomic mass is 9.68. The van der Waals surface area contributed by atoms with Gasteiger partial charge in [0, 0.05) is 30.7 Å². The predicted octanol–water partition coefficient (Wildman–Crippen LogP) is 5.05. The van der Waals surface area contributed by atoms with Gasteiger partial charge >= 0.3 is 0 Å². The number of rotatable bonds is 7. The Morgan fingerprint density at radius 1 is 0.971 bits per heavy atom. The van der Waals surface area contributed by atoms with E-state index < -0.39 is 0 Å². The zero-order chi connectivity index (χ0) is 23.8. The number of hydrogen-bond acceptors (Lipinski definition) is 5. The molecule has 5 rings (SSSR count). The molecule has 34 heavy (non-hydrogen) atoms. The van der Waals surface area contributed by atoms with E-state index in [0.29, 0.717) is 5.75 Å². The highest BCUT2D eigenvalue weighted by Crippen LogP contribution is 2.49. The number of phenolic OH excluding ortho intramolecular Hbond substituents is 1. The first-order chi connectivity index (χ1) is 16.4. The van der Waals surface area contributed by atoms with E-state index in [1.807, 2.05) is 12.1 Å². The lowest BCUT2D eigenvalue weighted by Crippen LogP contribution is -2.56. The molecule has 3 aliphatic rings. The Morgan fingerprint density at radius 2 is 1.65 bits per heavy atom. The van der Waals surface area contributed by atoms with Crippen LogP contribution in [-0.2, 0) is 12.1 Å². The Bertz CT molecular complexity index is 944. The van der Waals surface area contributed by atoms with E-state index in [2.05, 4.69) is 65.2 Å². The molecule has 1 heterocycles. The smallest absolute Gasteiger partial charge is 0.118 e. The van der Waals surface area contributed by atoms with Crippen LogP contribution in [0, 0.1) is 5.92 Å². The van der Waals surface area contributed by atoms with Gasteiger partial charge in [0.25, 0.3) is 0 Å². The molecule has 0 amide bonds. The van der Waals surface area contributed by atoms with Crippen LogP contribution in [0.5, 0.6) is 11.5 Å². The zero-order valence-electron chi connectivity index (χ0n) is 21.2. The average molecular weight is 464 g/mol. The van der Waals surface area contributed by atoms with Crippen LogP contribution >= 0.6 is 0 Å². The van der Waals surface area contributed by atoms with Gasteiger partial charge in [-0.3, -0.25) is 14.7 Å². The number of methoxy groups -OCH3 is 1. The molecule has 0 bridgehead atoms. The van der Waals surface area contributed by atoms with Crippen LogP contribution < -0.4 is 4.74 Å². The van der Waals surface area contributed by atoms with Crippen LogP contribution in [0.25, 0.3) is 0 Å². The third-order valence-electron chi connectivity index (χ3n) is 9.10. The summed E-state index contributed by atoms with van der Waals surface area (Å²) in [5, 5.41) is 9.84. The minimum atomic E-state index is 0.0461. The maximum Gasteiger partial charge on any atom is 0.118 e. The Labute approximate surface area is 205 Å². The van der Waals surface area contributed by atoms with Gasteiger partial charge in [-0.15, -0.1) is 0 Å². The topological polar surface area (TPSA) is 39.2 Å². The Morgan fingerprint density at radius 3 is 2.21 bits per heavy atom. The molecule has 0 aromatic heterocycles. The summed E-state index contributed by atoms with van der Waals surface area (Å²) in [7, 11) is 6.18. The summed E-state index contributed by atoms with van der Waals surface area (Å²) < 4.78 is 5.35. The summed E-state index contributed by atoms with van der Waals surface area (Å²) in [5.41, 5.74) is 3.02. The Kier molecular flexibility index (Phi) is 6.62. The molecule has 5 nitrogen and oxygen atoms in total. The highest BCUT2D eigenvalue weighted by Gasteiger charge is 2.51. The third-order valence-corrected chi connectivity index (χ3v) is 9.10. The highest BCUT2D eigenvalue weighted by molar-refractivity contribution is 5.32. The van der Waals surface area contributed by atoms with Gasteiger partial charge in [-0.1, -0.05) is 30.7 Å². The van der Waals surface area contributed by atoms with Crippen molar-refractivity contribution < 1.29 is 9.84 Å². The number of benzene rings is 2. The molecule has 2 aromatic rings. The van der Waals surface area contributed by atoms with E-state index >= 15 is 0 Å². The molecule has 3 fully saturated rings. The normalized spacial score (nSPS) is 28.5. The van der Waals surface area contributed by atoms with Crippen LogP contribution in [0.1, 0.15) is 56.1 Å². The van der Waals surface area contributed by atoms with Gasteiger partial charge in [-0.2, -0.15) is 0 Å². The van der Waals surface area contributed by atoms with Crippen molar-refractivity contribution in [2.24, 2.45) is 5.92 Å². The monoisotopic (exact) mass is 463 g/mol. The van der Waals surface area contributed by atoms with E-state index in [1.165, 1.54) is 49.8 Å². The summed E-state index contributed by atoms with van der Waals surface area (Å²) in [5.74, 6) is 2.16. The second kappa shape index (κ2) is 9.52. The molecule has 1 saturated heterocycles. The molecule has 0 atom stereocenters. The fraction of sp³-hybridized carbons (Fsp3) is 0.586. The average Bonchev–Trinajstić information content (AvgIpc) is 3.14. The van der Waals surface area contributed by atoms with Crippen LogP contribution in [0.2, 0.25) is 0 Å². The van der Waals surface area contributed by atoms with Crippen molar-refractivity contribution in [1.82, 2.24) is 14.7 Å². The summed E-state index contributed by atoms with van der Waals surface area (Å²) in [6.07, 6.45) is 8.96. The van der Waals surface area contributed by atoms with Crippen LogP contribution in [0.15, 0.2) is 48.5 Å². The number of aromatic hydroxyl groups is 1. The van der Waals surface area contributed by atoms with E-state index in [-0.39, 0.29) is 11.1 Å². The van der Waals surface area contributed by atoms with Crippen molar-refractivity contribution in [3.05, 3.63) is 59.7 Å². The van der Waals surface area contributed by atoms with Gasteiger partial charge in [-0.05, 0) is 93.9 Å². The van der Waals surface area contributed by atoms with E-state index in [9.17, 15) is 5.11 Å². The number of hydrogen-bond donors (Lipinski definition) is 1. The first-order valence-electron chi connectivity index (χ1n) is 13.0. The van der Waals surface area contributed by atoms with Gasteiger partial charge in [0.05, 0.1) is 13.8 Å². The molecular formula is C29H41N3O2. The lowest BCUT2D eigenvalue weighted by molar-refractivity contribution is 0.00462. The standard InChI is InChI=1S/C29H41N3O2/c1-30(2)29(25-9-11-26(33)12-10-25)17-15-28(16-18-29)21-31(22-32(28)20-23-5-4-6-23)19-24-7-13-27(34-3)14-8-24/h7-14,23,33H,4-6,15-22H2,1-3H3. The maximum atomic E-state index is 9.84. The predicted molar refractivity (Wildman–Crippen MR) is 137 cm³/mol. The Hall–Kier alpha value is -2.08. The molecule has 1 aliphatic heterocycles. The third kappa shape index (κ3) is 4.46. The van der Waals surface area contributed by atoms with Gasteiger partial charge in [-0.25, -0.2) is 0 Å². The van der Waals surface area contributed by atoms with Crippen LogP contribution in [0.4, 0.5) is 0 Å². The Balaban J connectivity index is 1.34. The zero-order valence-corrected chi connectivity index (χ0v) is 21.2. The van der Waals surface area contributed by atoms with Gasteiger partial charge in [0.1, 0.15) is 11.5 Å². The SMILES string of the molecule is COc1ccc(CN2CN(CC3CCC3)C3(CCC(c4ccc(O)cc4)(N(C)C)CC3)C2)cc1. The van der Waals surface area contributed by atoms with Gasteiger partial charge in [0.15, 0.2) is 0 Å². The summed E-state index contributed by atoms with van der Waals surface area (Å²) >= 11 is 0. The first kappa shape index (κ1) is 23.7. The minimum absolute atomic E-state index is 0.0461. The summed E-state index contributed by atoms with van der Waals surface area (Å²) in [6.45, 7) is 4.50. The molecular weight excluding hydrogens is 422 g/mol. The van der Waals surface area contributed by atoms with Crippen molar-refractivity contribution in [2.45, 2.75) is 62.6 Å². The van der Waals surface area contributed by atoms with Crippen molar-refractivity contribution in [1.29, 1.82) is 0 Å². The van der Waals surface area contributed by atoms with Crippen LogP contribution in [-0.4, -0.2) is 66.3 Å². The van der Waals surface area contributed by atoms with Crippen molar-refractivity contribution in [2.75, 3.05) is 41.0 Å². The van der Waals surface area contributed by atoms with Crippen LogP contribution in [0.3, 0.4) is 0 Å². The molecule has 0 unspecified atom stereocenters. The summed E-state index contributed by atoms with van der Waals surface area (Å²) in [4.78, 5) is 7.95. The molecule has 1 spiro atoms. The minimum Gasteiger partial charge on any atom is -0.508 e. The first-order valence-corrected chi connectivity index (χ1v) is 13.0. The van der Waals surface area contributed by atoms with Crippen molar-refractivity contribution >= 4 is 0 Å². The van der Waals surface area contributed by atoms with E-state index in [0.717, 1.165) is 44.3 Å². The second-order valence-corrected chi connectivity index (χ2v) is 11.2. The van der Waals surface area contributed by atoms with E-state index in [1.54, 1.807) is 7.11 Å². The summed E-state index contributed by atoms with van der Waals surface area (Å²) in [6, 6.07) is 16.5. The maximum absolute atomic E-state index is 9.84. The number of ether oxygens (including phenoxy) is 1. The molecule has 1 N–H and O–H groups in total. The highest BCUT2D eigenvalue weighted by atomic mass is 16.5. The van der Waals surface area contributed by atoms with E-state index in [4.69, 9.17) is 4.74 Å². The van der Waals surface area contributed by atoms with Gasteiger partial charge < -0.3 is 9.84 Å².